The Kier molecular flexibility index (Phi) is 5.47. The van der Waals surface area contributed by atoms with Crippen LogP contribution in [0, 0.1) is 12.8 Å². The van der Waals surface area contributed by atoms with E-state index in [2.05, 4.69) is 37.3 Å². The van der Waals surface area contributed by atoms with E-state index in [9.17, 15) is 4.79 Å². The predicted molar refractivity (Wildman–Crippen MR) is 108 cm³/mol. The van der Waals surface area contributed by atoms with E-state index in [0.717, 1.165) is 11.3 Å². The molecular weight excluding hydrogens is 360 g/mol. The summed E-state index contributed by atoms with van der Waals surface area (Å²) in [6, 6.07) is 5.17. The third-order valence-corrected chi connectivity index (χ3v) is 6.42. The highest BCUT2D eigenvalue weighted by molar-refractivity contribution is 7.09. The van der Waals surface area contributed by atoms with Crippen LogP contribution >= 0.6 is 11.3 Å². The molecule has 1 aromatic carbocycles. The number of carbonyl (C=O) groups excluding carboxylic acids is 1. The topological polar surface area (TPSA) is 52.8 Å². The maximum absolute atomic E-state index is 12.9. The maximum atomic E-state index is 12.9. The zero-order valence-electron chi connectivity index (χ0n) is 17.0. The quantitative estimate of drug-likeness (QED) is 0.766. The fraction of sp³-hybridized carbons (Fsp3) is 0.524. The van der Waals surface area contributed by atoms with Gasteiger partial charge in [-0.3, -0.25) is 4.79 Å². The molecule has 0 unspecified atom stereocenters. The first-order chi connectivity index (χ1) is 12.7. The molecule has 3 rings (SSSR count). The lowest BCUT2D eigenvalue weighted by Crippen LogP contribution is -2.20. The Hall–Kier alpha value is -2.08. The van der Waals surface area contributed by atoms with Crippen molar-refractivity contribution in [1.82, 2.24) is 4.57 Å². The van der Waals surface area contributed by atoms with Crippen molar-refractivity contribution in [3.8, 4) is 11.5 Å². The Morgan fingerprint density at radius 3 is 2.52 bits per heavy atom. The first-order valence-electron chi connectivity index (χ1n) is 9.26. The fourth-order valence-corrected chi connectivity index (χ4v) is 4.36. The van der Waals surface area contributed by atoms with Crippen molar-refractivity contribution in [2.75, 3.05) is 14.2 Å². The summed E-state index contributed by atoms with van der Waals surface area (Å²) in [5, 5.41) is 0. The highest BCUT2D eigenvalue weighted by Gasteiger charge is 2.27. The van der Waals surface area contributed by atoms with Gasteiger partial charge in [-0.15, -0.1) is 11.3 Å². The minimum Gasteiger partial charge on any atom is -0.497 e. The molecule has 0 radical (unpaired) electrons. The van der Waals surface area contributed by atoms with Crippen LogP contribution in [0.25, 0.3) is 0 Å². The van der Waals surface area contributed by atoms with Crippen molar-refractivity contribution < 1.29 is 14.3 Å². The summed E-state index contributed by atoms with van der Waals surface area (Å²) in [4.78, 5) is 19.5. The van der Waals surface area contributed by atoms with Gasteiger partial charge in [-0.25, -0.2) is 0 Å². The molecule has 6 heteroatoms. The Morgan fingerprint density at radius 2 is 1.96 bits per heavy atom. The van der Waals surface area contributed by atoms with E-state index in [1.807, 2.05) is 0 Å². The molecule has 0 aliphatic heterocycles. The van der Waals surface area contributed by atoms with Gasteiger partial charge in [0.25, 0.3) is 5.91 Å². The van der Waals surface area contributed by atoms with Gasteiger partial charge >= 0.3 is 0 Å². The largest absolute Gasteiger partial charge is 0.497 e. The molecule has 1 heterocycles. The Labute approximate surface area is 164 Å². The summed E-state index contributed by atoms with van der Waals surface area (Å²) in [5.74, 6) is 1.53. The van der Waals surface area contributed by atoms with Gasteiger partial charge in [-0.2, -0.15) is 4.99 Å². The molecule has 0 spiro atoms. The van der Waals surface area contributed by atoms with Crippen molar-refractivity contribution in [2.45, 2.75) is 52.5 Å². The highest BCUT2D eigenvalue weighted by Crippen LogP contribution is 2.33. The van der Waals surface area contributed by atoms with Crippen LogP contribution in [0.2, 0.25) is 0 Å². The zero-order chi connectivity index (χ0) is 19.8. The van der Waals surface area contributed by atoms with E-state index in [4.69, 9.17) is 9.47 Å². The number of amides is 1. The fourth-order valence-electron chi connectivity index (χ4n) is 3.16. The van der Waals surface area contributed by atoms with Gasteiger partial charge in [0.1, 0.15) is 11.5 Å². The van der Waals surface area contributed by atoms with Gasteiger partial charge in [0.2, 0.25) is 0 Å². The molecule has 1 aliphatic rings. The number of carbonyl (C=O) groups is 1. The molecule has 0 N–H and O–H groups in total. The van der Waals surface area contributed by atoms with Gasteiger partial charge in [-0.1, -0.05) is 20.8 Å². The monoisotopic (exact) mass is 388 g/mol. The van der Waals surface area contributed by atoms with Crippen molar-refractivity contribution in [1.29, 1.82) is 0 Å². The molecule has 0 atom stereocenters. The number of methoxy groups -OCH3 is 2. The molecule has 1 fully saturated rings. The summed E-state index contributed by atoms with van der Waals surface area (Å²) < 4.78 is 12.8. The minimum absolute atomic E-state index is 0.0225. The summed E-state index contributed by atoms with van der Waals surface area (Å²) in [7, 11) is 3.13. The molecule has 146 valence electrons. The number of hydrogen-bond acceptors (Lipinski definition) is 4. The Morgan fingerprint density at radius 1 is 1.26 bits per heavy atom. The Bertz CT molecular complexity index is 914. The molecule has 2 aromatic rings. The highest BCUT2D eigenvalue weighted by atomic mass is 32.1. The van der Waals surface area contributed by atoms with E-state index in [1.54, 1.807) is 43.8 Å². The molecule has 1 aliphatic carbocycles. The summed E-state index contributed by atoms with van der Waals surface area (Å²) in [6.07, 6.45) is 2.51. The average Bonchev–Trinajstić information content (AvgIpc) is 3.39. The van der Waals surface area contributed by atoms with Crippen molar-refractivity contribution >= 4 is 17.2 Å². The molecule has 5 nitrogen and oxygen atoms in total. The molecule has 1 saturated carbocycles. The zero-order valence-corrected chi connectivity index (χ0v) is 17.8. The number of thiazole rings is 1. The molecule has 0 saturated heterocycles. The molecule has 27 heavy (non-hydrogen) atoms. The number of ether oxygens (including phenoxy) is 2. The van der Waals surface area contributed by atoms with Crippen LogP contribution in [0.4, 0.5) is 0 Å². The Balaban J connectivity index is 2.06. The lowest BCUT2D eigenvalue weighted by Gasteiger charge is -2.17. The van der Waals surface area contributed by atoms with Crippen LogP contribution in [-0.2, 0) is 12.0 Å². The average molecular weight is 389 g/mol. The number of aromatic nitrogens is 1. The van der Waals surface area contributed by atoms with Crippen molar-refractivity contribution in [3.63, 3.8) is 0 Å². The minimum atomic E-state index is -0.291. The van der Waals surface area contributed by atoms with Crippen molar-refractivity contribution in [3.05, 3.63) is 39.1 Å². The summed E-state index contributed by atoms with van der Waals surface area (Å²) >= 11 is 1.62. The predicted octanol–water partition coefficient (Wildman–Crippen LogP) is 4.32. The van der Waals surface area contributed by atoms with Crippen LogP contribution in [0.5, 0.6) is 11.5 Å². The van der Waals surface area contributed by atoms with Gasteiger partial charge in [-0.05, 0) is 43.2 Å². The molecule has 1 aromatic heterocycles. The van der Waals surface area contributed by atoms with Crippen LogP contribution < -0.4 is 14.3 Å². The maximum Gasteiger partial charge on any atom is 0.283 e. The second-order valence-electron chi connectivity index (χ2n) is 8.09. The summed E-state index contributed by atoms with van der Waals surface area (Å²) in [6.45, 7) is 9.67. The van der Waals surface area contributed by atoms with Crippen molar-refractivity contribution in [2.24, 2.45) is 10.9 Å². The van der Waals surface area contributed by atoms with Crippen LogP contribution in [0.3, 0.4) is 0 Å². The SMILES string of the molecule is COc1ccc(C(=O)N=c2sc(C(C)(C)C)c(C)n2CC2CC2)c(OC)c1. The van der Waals surface area contributed by atoms with Crippen LogP contribution in [0.15, 0.2) is 23.2 Å². The van der Waals surface area contributed by atoms with Gasteiger partial charge in [0, 0.05) is 23.2 Å². The van der Waals surface area contributed by atoms with E-state index in [1.165, 1.54) is 23.4 Å². The van der Waals surface area contributed by atoms with Gasteiger partial charge in [0.05, 0.1) is 19.8 Å². The third kappa shape index (κ3) is 4.26. The van der Waals surface area contributed by atoms with E-state index < -0.39 is 0 Å². The number of hydrogen-bond donors (Lipinski definition) is 0. The molecule has 1 amide bonds. The number of benzene rings is 1. The first kappa shape index (κ1) is 19.7. The smallest absolute Gasteiger partial charge is 0.283 e. The van der Waals surface area contributed by atoms with E-state index in [-0.39, 0.29) is 11.3 Å². The normalized spacial score (nSPS) is 15.1. The second kappa shape index (κ2) is 7.50. The number of rotatable bonds is 5. The van der Waals surface area contributed by atoms with Crippen LogP contribution in [-0.4, -0.2) is 24.7 Å². The van der Waals surface area contributed by atoms with E-state index >= 15 is 0 Å². The molecule has 0 bridgehead atoms. The number of nitrogens with zero attached hydrogens (tertiary/aromatic N) is 2. The lowest BCUT2D eigenvalue weighted by molar-refractivity contribution is 0.0994. The third-order valence-electron chi connectivity index (χ3n) is 4.81. The van der Waals surface area contributed by atoms with Crippen LogP contribution in [0.1, 0.15) is 54.5 Å². The lowest BCUT2D eigenvalue weighted by atomic mass is 9.93. The standard InChI is InChI=1S/C21H28N2O3S/c1-13-18(21(2,3)4)27-20(23(13)12-14-7-8-14)22-19(24)16-10-9-15(25-5)11-17(16)26-6/h9-11,14H,7-8,12H2,1-6H3. The first-order valence-corrected chi connectivity index (χ1v) is 10.1. The van der Waals surface area contributed by atoms with Gasteiger partial charge < -0.3 is 14.0 Å². The second-order valence-corrected chi connectivity index (χ2v) is 9.06. The molecular formula is C21H28N2O3S. The summed E-state index contributed by atoms with van der Waals surface area (Å²) in [5.41, 5.74) is 1.68. The van der Waals surface area contributed by atoms with E-state index in [0.29, 0.717) is 23.0 Å². The van der Waals surface area contributed by atoms with Gasteiger partial charge in [0.15, 0.2) is 4.80 Å².